The molecule has 0 amide bonds. The first-order valence-electron chi connectivity index (χ1n) is 5.49. The Kier molecular flexibility index (Phi) is 3.81. The number of nitrogens with one attached hydrogen (secondary N) is 1. The third kappa shape index (κ3) is 2.98. The zero-order valence-corrected chi connectivity index (χ0v) is 11.4. The lowest BCUT2D eigenvalue weighted by Crippen LogP contribution is -2.09. The molecule has 1 heterocycles. The third-order valence-electron chi connectivity index (χ3n) is 2.57. The Balaban J connectivity index is 2.18. The van der Waals surface area contributed by atoms with E-state index >= 15 is 0 Å². The molecule has 3 N–H and O–H groups in total. The number of rotatable bonds is 3. The molecule has 2 rings (SSSR count). The Morgan fingerprint density at radius 3 is 2.83 bits per heavy atom. The summed E-state index contributed by atoms with van der Waals surface area (Å²) < 4.78 is 14.2. The molecule has 0 saturated heterocycles. The number of nitrogens with zero attached hydrogens (tertiary/aromatic N) is 1. The number of pyridine rings is 1. The Labute approximate surface area is 113 Å². The maximum atomic E-state index is 13.6. The van der Waals surface area contributed by atoms with Gasteiger partial charge in [-0.2, -0.15) is 0 Å². The Morgan fingerprint density at radius 1 is 1.39 bits per heavy atom. The number of nitrogen functional groups attached to an aromatic ring is 1. The fraction of sp³-hybridized carbons (Fsp3) is 0.154. The van der Waals surface area contributed by atoms with Gasteiger partial charge in [-0.3, -0.25) is 0 Å². The van der Waals surface area contributed by atoms with Gasteiger partial charge in [0, 0.05) is 16.4 Å². The molecule has 0 aliphatic carbocycles. The first-order chi connectivity index (χ1) is 8.56. The quantitative estimate of drug-likeness (QED) is 0.849. The molecular weight excluding hydrogens is 297 g/mol. The van der Waals surface area contributed by atoms with Gasteiger partial charge in [-0.1, -0.05) is 12.1 Å². The number of aromatic nitrogens is 1. The highest BCUT2D eigenvalue weighted by atomic mass is 79.9. The van der Waals surface area contributed by atoms with E-state index in [-0.39, 0.29) is 17.7 Å². The Morgan fingerprint density at radius 2 is 2.17 bits per heavy atom. The summed E-state index contributed by atoms with van der Waals surface area (Å²) in [6.45, 7) is 1.93. The molecule has 0 saturated carbocycles. The van der Waals surface area contributed by atoms with Crippen molar-refractivity contribution in [1.29, 1.82) is 0 Å². The van der Waals surface area contributed by atoms with Crippen LogP contribution < -0.4 is 11.1 Å². The van der Waals surface area contributed by atoms with E-state index in [2.05, 4.69) is 26.2 Å². The molecule has 1 aromatic heterocycles. The molecule has 2 aromatic rings. The predicted molar refractivity (Wildman–Crippen MR) is 74.8 cm³/mol. The van der Waals surface area contributed by atoms with Crippen LogP contribution in [-0.2, 0) is 0 Å². The van der Waals surface area contributed by atoms with Crippen LogP contribution in [0.15, 0.2) is 41.0 Å². The molecule has 0 bridgehead atoms. The van der Waals surface area contributed by atoms with Gasteiger partial charge < -0.3 is 11.1 Å². The van der Waals surface area contributed by atoms with Crippen molar-refractivity contribution in [2.45, 2.75) is 13.0 Å². The lowest BCUT2D eigenvalue weighted by atomic mass is 10.1. The summed E-state index contributed by atoms with van der Waals surface area (Å²) in [6.07, 6.45) is 1.55. The molecular formula is C13H13BrFN3. The van der Waals surface area contributed by atoms with Gasteiger partial charge in [0.15, 0.2) is 11.6 Å². The van der Waals surface area contributed by atoms with E-state index in [1.54, 1.807) is 6.20 Å². The topological polar surface area (TPSA) is 50.9 Å². The van der Waals surface area contributed by atoms with Crippen LogP contribution in [0.4, 0.5) is 15.9 Å². The molecule has 1 atom stereocenters. The summed E-state index contributed by atoms with van der Waals surface area (Å²) in [5.74, 6) is -0.159. The molecule has 3 nitrogen and oxygen atoms in total. The van der Waals surface area contributed by atoms with Crippen LogP contribution in [0.1, 0.15) is 18.5 Å². The van der Waals surface area contributed by atoms with Gasteiger partial charge >= 0.3 is 0 Å². The van der Waals surface area contributed by atoms with Crippen molar-refractivity contribution in [3.63, 3.8) is 0 Å². The van der Waals surface area contributed by atoms with Crippen molar-refractivity contribution in [2.75, 3.05) is 11.1 Å². The average molecular weight is 310 g/mol. The van der Waals surface area contributed by atoms with Crippen LogP contribution in [0.5, 0.6) is 0 Å². The smallest absolute Gasteiger partial charge is 0.166 e. The van der Waals surface area contributed by atoms with E-state index in [1.807, 2.05) is 31.2 Å². The summed E-state index contributed by atoms with van der Waals surface area (Å²) in [6, 6.07) is 8.78. The van der Waals surface area contributed by atoms with Crippen LogP contribution in [-0.4, -0.2) is 4.98 Å². The van der Waals surface area contributed by atoms with Gasteiger partial charge in [-0.25, -0.2) is 9.37 Å². The van der Waals surface area contributed by atoms with E-state index in [0.29, 0.717) is 10.2 Å². The molecule has 94 valence electrons. The second-order valence-corrected chi connectivity index (χ2v) is 4.94. The maximum Gasteiger partial charge on any atom is 0.166 e. The molecule has 0 radical (unpaired) electrons. The largest absolute Gasteiger partial charge is 0.399 e. The Hall–Kier alpha value is -1.62. The standard InChI is InChI=1S/C13H13BrFN3/c1-8(9-3-2-4-11(16)5-9)18-13-12(15)6-10(14)7-17-13/h2-8H,16H2,1H3,(H,17,18). The van der Waals surface area contributed by atoms with Crippen molar-refractivity contribution in [3.8, 4) is 0 Å². The van der Waals surface area contributed by atoms with E-state index in [4.69, 9.17) is 5.73 Å². The van der Waals surface area contributed by atoms with Crippen molar-refractivity contribution >= 4 is 27.4 Å². The van der Waals surface area contributed by atoms with E-state index < -0.39 is 0 Å². The number of hydrogen-bond acceptors (Lipinski definition) is 3. The normalized spacial score (nSPS) is 12.2. The highest BCUT2D eigenvalue weighted by Gasteiger charge is 2.10. The zero-order valence-electron chi connectivity index (χ0n) is 9.82. The zero-order chi connectivity index (χ0) is 13.1. The van der Waals surface area contributed by atoms with E-state index in [9.17, 15) is 4.39 Å². The lowest BCUT2D eigenvalue weighted by molar-refractivity contribution is 0.620. The summed E-state index contributed by atoms with van der Waals surface area (Å²) in [4.78, 5) is 4.00. The average Bonchev–Trinajstić information content (AvgIpc) is 2.32. The van der Waals surface area contributed by atoms with Gasteiger partial charge in [0.05, 0.1) is 6.04 Å². The van der Waals surface area contributed by atoms with E-state index in [0.717, 1.165) is 5.56 Å². The van der Waals surface area contributed by atoms with Crippen molar-refractivity contribution in [1.82, 2.24) is 4.98 Å². The first-order valence-corrected chi connectivity index (χ1v) is 6.28. The minimum Gasteiger partial charge on any atom is -0.399 e. The molecule has 0 aliphatic rings. The minimum absolute atomic E-state index is 0.0725. The second kappa shape index (κ2) is 5.35. The molecule has 0 fully saturated rings. The third-order valence-corrected chi connectivity index (χ3v) is 3.01. The fourth-order valence-corrected chi connectivity index (χ4v) is 1.94. The molecule has 1 aromatic carbocycles. The fourth-order valence-electron chi connectivity index (χ4n) is 1.64. The molecule has 0 aliphatic heterocycles. The lowest BCUT2D eigenvalue weighted by Gasteiger charge is -2.15. The molecule has 1 unspecified atom stereocenters. The van der Waals surface area contributed by atoms with E-state index in [1.165, 1.54) is 6.07 Å². The van der Waals surface area contributed by atoms with Gasteiger partial charge in [0.25, 0.3) is 0 Å². The number of halogens is 2. The number of anilines is 2. The second-order valence-electron chi connectivity index (χ2n) is 4.02. The van der Waals surface area contributed by atoms with Crippen molar-refractivity contribution in [3.05, 3.63) is 52.4 Å². The predicted octanol–water partition coefficient (Wildman–Crippen LogP) is 3.74. The SMILES string of the molecule is CC(Nc1ncc(Br)cc1F)c1cccc(N)c1. The minimum atomic E-state index is -0.389. The summed E-state index contributed by atoms with van der Waals surface area (Å²) in [5, 5.41) is 3.02. The van der Waals surface area contributed by atoms with Crippen molar-refractivity contribution < 1.29 is 4.39 Å². The van der Waals surface area contributed by atoms with Gasteiger partial charge in [-0.05, 0) is 46.6 Å². The maximum absolute atomic E-state index is 13.6. The highest BCUT2D eigenvalue weighted by Crippen LogP contribution is 2.22. The summed E-state index contributed by atoms with van der Waals surface area (Å²) >= 11 is 3.17. The highest BCUT2D eigenvalue weighted by molar-refractivity contribution is 9.10. The van der Waals surface area contributed by atoms with Gasteiger partial charge in [-0.15, -0.1) is 0 Å². The molecule has 0 spiro atoms. The number of nitrogens with two attached hydrogens (primary N) is 1. The van der Waals surface area contributed by atoms with Crippen molar-refractivity contribution in [2.24, 2.45) is 0 Å². The van der Waals surface area contributed by atoms with Gasteiger partial charge in [0.1, 0.15) is 0 Å². The first kappa shape index (κ1) is 12.8. The number of hydrogen-bond donors (Lipinski definition) is 2. The van der Waals surface area contributed by atoms with Crippen LogP contribution in [0.3, 0.4) is 0 Å². The summed E-state index contributed by atoms with van der Waals surface area (Å²) in [7, 11) is 0. The monoisotopic (exact) mass is 309 g/mol. The molecule has 18 heavy (non-hydrogen) atoms. The van der Waals surface area contributed by atoms with Crippen LogP contribution in [0.2, 0.25) is 0 Å². The molecule has 5 heteroatoms. The van der Waals surface area contributed by atoms with Crippen LogP contribution >= 0.6 is 15.9 Å². The number of benzene rings is 1. The van der Waals surface area contributed by atoms with Crippen LogP contribution in [0.25, 0.3) is 0 Å². The Bertz CT molecular complexity index is 560. The van der Waals surface area contributed by atoms with Gasteiger partial charge in [0.2, 0.25) is 0 Å². The van der Waals surface area contributed by atoms with Crippen LogP contribution in [0, 0.1) is 5.82 Å². The summed E-state index contributed by atoms with van der Waals surface area (Å²) in [5.41, 5.74) is 7.39.